The summed E-state index contributed by atoms with van der Waals surface area (Å²) in [4.78, 5) is 12.0. The Morgan fingerprint density at radius 1 is 1.44 bits per heavy atom. The molecule has 1 heterocycles. The fraction of sp³-hybridized carbons (Fsp3) is 0.333. The third kappa shape index (κ3) is 2.52. The third-order valence-electron chi connectivity index (χ3n) is 2.20. The fourth-order valence-electron chi connectivity index (χ4n) is 1.51. The summed E-state index contributed by atoms with van der Waals surface area (Å²) in [5.74, 6) is 0. The maximum absolute atomic E-state index is 12.0. The number of carbonyl (C=O) groups excluding carboxylic acids is 1. The van der Waals surface area contributed by atoms with Gasteiger partial charge in [0.1, 0.15) is 5.60 Å². The van der Waals surface area contributed by atoms with Gasteiger partial charge in [-0.3, -0.25) is 0 Å². The van der Waals surface area contributed by atoms with E-state index in [1.54, 1.807) is 39.1 Å². The van der Waals surface area contributed by atoms with Crippen LogP contribution < -0.4 is 0 Å². The van der Waals surface area contributed by atoms with Gasteiger partial charge in [0.15, 0.2) is 0 Å². The zero-order chi connectivity index (χ0) is 13.5. The molecule has 1 aromatic carbocycles. The summed E-state index contributed by atoms with van der Waals surface area (Å²) in [6.45, 7) is 5.41. The first-order valence-corrected chi connectivity index (χ1v) is 6.52. The molecule has 1 aromatic heterocycles. The summed E-state index contributed by atoms with van der Waals surface area (Å²) in [5, 5.41) is 5.28. The number of carbonyl (C=O) groups is 1. The molecule has 96 valence electrons. The van der Waals surface area contributed by atoms with Crippen molar-refractivity contribution in [2.75, 3.05) is 0 Å². The van der Waals surface area contributed by atoms with Crippen LogP contribution in [-0.2, 0) is 4.74 Å². The van der Waals surface area contributed by atoms with Crippen LogP contribution >= 0.6 is 27.5 Å². The second-order valence-corrected chi connectivity index (χ2v) is 6.09. The molecular formula is C12H12BrClN2O2. The van der Waals surface area contributed by atoms with Crippen molar-refractivity contribution in [3.63, 3.8) is 0 Å². The number of fused-ring (bicyclic) bond motifs is 1. The molecule has 0 aliphatic heterocycles. The van der Waals surface area contributed by atoms with Gasteiger partial charge in [0.2, 0.25) is 0 Å². The van der Waals surface area contributed by atoms with Gasteiger partial charge in [-0.2, -0.15) is 9.78 Å². The highest BCUT2D eigenvalue weighted by atomic mass is 79.9. The molecule has 0 bridgehead atoms. The first-order chi connectivity index (χ1) is 8.29. The lowest BCUT2D eigenvalue weighted by molar-refractivity contribution is 0.0522. The Labute approximate surface area is 118 Å². The zero-order valence-electron chi connectivity index (χ0n) is 10.2. The van der Waals surface area contributed by atoms with Gasteiger partial charge in [0.05, 0.1) is 16.7 Å². The van der Waals surface area contributed by atoms with Crippen molar-refractivity contribution in [3.8, 4) is 0 Å². The smallest absolute Gasteiger partial charge is 0.435 e. The quantitative estimate of drug-likeness (QED) is 0.725. The van der Waals surface area contributed by atoms with E-state index in [1.807, 2.05) is 0 Å². The lowest BCUT2D eigenvalue weighted by atomic mass is 10.2. The minimum Gasteiger partial charge on any atom is -0.442 e. The Balaban J connectivity index is 2.53. The minimum atomic E-state index is -0.569. The molecule has 0 spiro atoms. The average Bonchev–Trinajstić information content (AvgIpc) is 2.66. The SMILES string of the molecule is CC(C)(C)OC(=O)n1ncc2c(Cl)ccc(Br)c21. The first kappa shape index (κ1) is 13.4. The molecule has 0 fully saturated rings. The van der Waals surface area contributed by atoms with E-state index < -0.39 is 11.7 Å². The van der Waals surface area contributed by atoms with E-state index in [0.717, 1.165) is 4.47 Å². The van der Waals surface area contributed by atoms with Crippen LogP contribution in [0.3, 0.4) is 0 Å². The molecule has 0 N–H and O–H groups in total. The largest absolute Gasteiger partial charge is 0.442 e. The Kier molecular flexibility index (Phi) is 3.38. The van der Waals surface area contributed by atoms with Crippen molar-refractivity contribution in [1.29, 1.82) is 0 Å². The number of hydrogen-bond acceptors (Lipinski definition) is 3. The lowest BCUT2D eigenvalue weighted by Gasteiger charge is -2.19. The molecule has 0 aliphatic rings. The second kappa shape index (κ2) is 4.55. The van der Waals surface area contributed by atoms with E-state index in [1.165, 1.54) is 4.68 Å². The molecule has 2 aromatic rings. The topological polar surface area (TPSA) is 44.1 Å². The van der Waals surface area contributed by atoms with E-state index >= 15 is 0 Å². The van der Waals surface area contributed by atoms with Gasteiger partial charge >= 0.3 is 6.09 Å². The fourth-order valence-corrected chi connectivity index (χ4v) is 2.23. The Morgan fingerprint density at radius 3 is 2.72 bits per heavy atom. The molecule has 0 atom stereocenters. The van der Waals surface area contributed by atoms with Crippen LogP contribution in [0.25, 0.3) is 10.9 Å². The second-order valence-electron chi connectivity index (χ2n) is 4.83. The van der Waals surface area contributed by atoms with Crippen LogP contribution in [-0.4, -0.2) is 21.5 Å². The third-order valence-corrected chi connectivity index (χ3v) is 3.16. The van der Waals surface area contributed by atoms with Crippen LogP contribution in [0.5, 0.6) is 0 Å². The molecular weight excluding hydrogens is 320 g/mol. The Hall–Kier alpha value is -1.07. The molecule has 18 heavy (non-hydrogen) atoms. The van der Waals surface area contributed by atoms with Crippen LogP contribution in [0.4, 0.5) is 4.79 Å². The number of rotatable bonds is 0. The summed E-state index contributed by atoms with van der Waals surface area (Å²) in [7, 11) is 0. The predicted octanol–water partition coefficient (Wildman–Crippen LogP) is 4.24. The standard InChI is InChI=1S/C12H12BrClN2O2/c1-12(2,3)18-11(17)16-10-7(6-15-16)9(14)5-4-8(10)13/h4-6H,1-3H3. The Bertz CT molecular complexity index is 616. The summed E-state index contributed by atoms with van der Waals surface area (Å²) in [5.41, 5.74) is 0.0391. The monoisotopic (exact) mass is 330 g/mol. The number of aromatic nitrogens is 2. The van der Waals surface area contributed by atoms with E-state index in [0.29, 0.717) is 15.9 Å². The molecule has 0 saturated carbocycles. The van der Waals surface area contributed by atoms with Crippen molar-refractivity contribution in [1.82, 2.24) is 9.78 Å². The highest BCUT2D eigenvalue weighted by Crippen LogP contribution is 2.30. The number of benzene rings is 1. The molecule has 0 unspecified atom stereocenters. The molecule has 0 radical (unpaired) electrons. The van der Waals surface area contributed by atoms with Crippen molar-refractivity contribution in [2.24, 2.45) is 0 Å². The normalized spacial score (nSPS) is 11.8. The molecule has 2 rings (SSSR count). The molecule has 6 heteroatoms. The van der Waals surface area contributed by atoms with Crippen molar-refractivity contribution in [3.05, 3.63) is 27.8 Å². The average molecular weight is 332 g/mol. The van der Waals surface area contributed by atoms with Gasteiger partial charge in [-0.15, -0.1) is 0 Å². The highest BCUT2D eigenvalue weighted by Gasteiger charge is 2.21. The van der Waals surface area contributed by atoms with Crippen molar-refractivity contribution in [2.45, 2.75) is 26.4 Å². The van der Waals surface area contributed by atoms with Gasteiger partial charge in [-0.25, -0.2) is 4.79 Å². The summed E-state index contributed by atoms with van der Waals surface area (Å²) >= 11 is 9.44. The Morgan fingerprint density at radius 2 is 2.11 bits per heavy atom. The van der Waals surface area contributed by atoms with Crippen molar-refractivity contribution >= 4 is 44.5 Å². The zero-order valence-corrected chi connectivity index (χ0v) is 12.5. The number of ether oxygens (including phenoxy) is 1. The molecule has 4 nitrogen and oxygen atoms in total. The van der Waals surface area contributed by atoms with Gasteiger partial charge in [0, 0.05) is 9.86 Å². The maximum Gasteiger partial charge on any atom is 0.435 e. The van der Waals surface area contributed by atoms with Crippen LogP contribution in [0.1, 0.15) is 20.8 Å². The van der Waals surface area contributed by atoms with Crippen LogP contribution in [0.15, 0.2) is 22.8 Å². The van der Waals surface area contributed by atoms with Crippen LogP contribution in [0, 0.1) is 0 Å². The summed E-state index contributed by atoms with van der Waals surface area (Å²) in [6, 6.07) is 3.52. The molecule has 0 amide bonds. The lowest BCUT2D eigenvalue weighted by Crippen LogP contribution is -2.27. The van der Waals surface area contributed by atoms with Gasteiger partial charge in [0.25, 0.3) is 0 Å². The van der Waals surface area contributed by atoms with Gasteiger partial charge in [-0.1, -0.05) is 11.6 Å². The van der Waals surface area contributed by atoms with Crippen molar-refractivity contribution < 1.29 is 9.53 Å². The number of nitrogens with zero attached hydrogens (tertiary/aromatic N) is 2. The summed E-state index contributed by atoms with van der Waals surface area (Å²) in [6.07, 6.45) is 1.02. The molecule has 0 saturated heterocycles. The van der Waals surface area contributed by atoms with Gasteiger partial charge in [-0.05, 0) is 48.8 Å². The number of hydrogen-bond donors (Lipinski definition) is 0. The predicted molar refractivity (Wildman–Crippen MR) is 74.1 cm³/mol. The minimum absolute atomic E-state index is 0.527. The number of halogens is 2. The van der Waals surface area contributed by atoms with Crippen LogP contribution in [0.2, 0.25) is 5.02 Å². The van der Waals surface area contributed by atoms with Gasteiger partial charge < -0.3 is 4.74 Å². The summed E-state index contributed by atoms with van der Waals surface area (Å²) < 4.78 is 7.23. The van der Waals surface area contributed by atoms with E-state index in [-0.39, 0.29) is 0 Å². The molecule has 0 aliphatic carbocycles. The van der Waals surface area contributed by atoms with E-state index in [4.69, 9.17) is 16.3 Å². The van der Waals surface area contributed by atoms with E-state index in [9.17, 15) is 4.79 Å². The maximum atomic E-state index is 12.0. The first-order valence-electron chi connectivity index (χ1n) is 5.35. The van der Waals surface area contributed by atoms with E-state index in [2.05, 4.69) is 21.0 Å². The highest BCUT2D eigenvalue weighted by molar-refractivity contribution is 9.10.